The van der Waals surface area contributed by atoms with Gasteiger partial charge in [0.25, 0.3) is 15.9 Å². The molecule has 7 nitrogen and oxygen atoms in total. The van der Waals surface area contributed by atoms with Crippen molar-refractivity contribution in [1.82, 2.24) is 0 Å². The van der Waals surface area contributed by atoms with Crippen molar-refractivity contribution in [2.24, 2.45) is 0 Å². The normalized spacial score (nSPS) is 15.5. The number of hydrogen-bond acceptors (Lipinski definition) is 5. The first kappa shape index (κ1) is 21.7. The molecule has 3 aromatic carbocycles. The summed E-state index contributed by atoms with van der Waals surface area (Å²) in [4.78, 5) is 13.1. The van der Waals surface area contributed by atoms with Crippen LogP contribution in [0.3, 0.4) is 0 Å². The van der Waals surface area contributed by atoms with Crippen LogP contribution in [-0.2, 0) is 14.8 Å². The number of rotatable bonds is 5. The zero-order chi connectivity index (χ0) is 22.9. The van der Waals surface area contributed by atoms with Gasteiger partial charge in [0.05, 0.1) is 24.2 Å². The number of fused-ring (bicyclic) bond motifs is 1. The number of para-hydroxylation sites is 1. The fraction of sp³-hybridized carbons (Fsp3) is 0.208. The highest BCUT2D eigenvalue weighted by molar-refractivity contribution is 7.92. The Kier molecular flexibility index (Phi) is 5.80. The van der Waals surface area contributed by atoms with Crippen molar-refractivity contribution >= 4 is 27.3 Å². The lowest BCUT2D eigenvalue weighted by Crippen LogP contribution is -2.48. The first-order chi connectivity index (χ1) is 15.3. The number of ether oxygens (including phenoxy) is 2. The molecule has 0 bridgehead atoms. The van der Waals surface area contributed by atoms with Crippen molar-refractivity contribution in [2.45, 2.75) is 24.8 Å². The third-order valence-electron chi connectivity index (χ3n) is 5.33. The summed E-state index contributed by atoms with van der Waals surface area (Å²) in [5, 5.41) is 2.85. The third kappa shape index (κ3) is 4.13. The van der Waals surface area contributed by atoms with Crippen LogP contribution in [0, 0.1) is 13.8 Å². The van der Waals surface area contributed by atoms with Gasteiger partial charge in [0, 0.05) is 5.69 Å². The van der Waals surface area contributed by atoms with Gasteiger partial charge < -0.3 is 14.8 Å². The number of carbonyl (C=O) groups is 1. The summed E-state index contributed by atoms with van der Waals surface area (Å²) in [6.45, 7) is 3.61. The van der Waals surface area contributed by atoms with E-state index < -0.39 is 22.0 Å². The molecule has 1 aliphatic heterocycles. The molecule has 1 N–H and O–H groups in total. The standard InChI is InChI=1S/C24H24N2O5S/c1-16-8-13-21-22(14-16)31-23(24(27)25-20-7-5-4-6-17(20)2)15-26(21)32(28,29)19-11-9-18(30-3)10-12-19/h4-14,23H,15H2,1-3H3,(H,25,27)/t23-/m1/s1. The minimum Gasteiger partial charge on any atom is -0.497 e. The molecule has 0 radical (unpaired) electrons. The summed E-state index contributed by atoms with van der Waals surface area (Å²) in [5.41, 5.74) is 2.84. The molecule has 0 fully saturated rings. The van der Waals surface area contributed by atoms with Gasteiger partial charge in [-0.05, 0) is 67.4 Å². The molecular weight excluding hydrogens is 428 g/mol. The van der Waals surface area contributed by atoms with Crippen molar-refractivity contribution in [1.29, 1.82) is 0 Å². The summed E-state index contributed by atoms with van der Waals surface area (Å²) in [7, 11) is -2.43. The number of nitrogens with one attached hydrogen (secondary N) is 1. The lowest BCUT2D eigenvalue weighted by molar-refractivity contribution is -0.122. The zero-order valence-corrected chi connectivity index (χ0v) is 18.8. The summed E-state index contributed by atoms with van der Waals surface area (Å²) in [6.07, 6.45) is -1.02. The molecule has 1 aliphatic rings. The Morgan fingerprint density at radius 2 is 1.78 bits per heavy atom. The Bertz CT molecular complexity index is 1260. The molecule has 4 rings (SSSR count). The van der Waals surface area contributed by atoms with Gasteiger partial charge in [-0.25, -0.2) is 8.42 Å². The summed E-state index contributed by atoms with van der Waals surface area (Å²) < 4.78 is 39.3. The Morgan fingerprint density at radius 1 is 1.06 bits per heavy atom. The second kappa shape index (κ2) is 8.55. The van der Waals surface area contributed by atoms with Crippen molar-refractivity contribution in [3.63, 3.8) is 0 Å². The summed E-state index contributed by atoms with van der Waals surface area (Å²) in [5.74, 6) is 0.483. The average Bonchev–Trinajstić information content (AvgIpc) is 2.79. The number of nitrogens with zero attached hydrogens (tertiary/aromatic N) is 1. The lowest BCUT2D eigenvalue weighted by Gasteiger charge is -2.35. The molecular formula is C24H24N2O5S. The first-order valence-electron chi connectivity index (χ1n) is 10.1. The van der Waals surface area contributed by atoms with E-state index >= 15 is 0 Å². The second-order valence-corrected chi connectivity index (χ2v) is 9.46. The molecule has 3 aromatic rings. The fourth-order valence-corrected chi connectivity index (χ4v) is 5.00. The smallest absolute Gasteiger partial charge is 0.267 e. The van der Waals surface area contributed by atoms with Crippen LogP contribution in [0.5, 0.6) is 11.5 Å². The van der Waals surface area contributed by atoms with Crippen molar-refractivity contribution in [3.05, 3.63) is 77.9 Å². The van der Waals surface area contributed by atoms with E-state index in [4.69, 9.17) is 9.47 Å². The maximum absolute atomic E-state index is 13.5. The van der Waals surface area contributed by atoms with Crippen LogP contribution in [0.15, 0.2) is 71.6 Å². The molecule has 166 valence electrons. The predicted molar refractivity (Wildman–Crippen MR) is 123 cm³/mol. The number of carbonyl (C=O) groups excluding carboxylic acids is 1. The maximum Gasteiger partial charge on any atom is 0.267 e. The minimum atomic E-state index is -3.94. The Hall–Kier alpha value is -3.52. The molecule has 0 aliphatic carbocycles. The average molecular weight is 453 g/mol. The number of methoxy groups -OCH3 is 1. The highest BCUT2D eigenvalue weighted by Crippen LogP contribution is 2.38. The highest BCUT2D eigenvalue weighted by Gasteiger charge is 2.37. The number of sulfonamides is 1. The van der Waals surface area contributed by atoms with Crippen molar-refractivity contribution in [3.8, 4) is 11.5 Å². The van der Waals surface area contributed by atoms with Gasteiger partial charge in [-0.15, -0.1) is 0 Å². The van der Waals surface area contributed by atoms with Gasteiger partial charge in [0.15, 0.2) is 6.10 Å². The van der Waals surface area contributed by atoms with E-state index in [-0.39, 0.29) is 11.4 Å². The summed E-state index contributed by atoms with van der Waals surface area (Å²) in [6, 6.07) is 18.8. The molecule has 0 aromatic heterocycles. The number of anilines is 2. The van der Waals surface area contributed by atoms with Crippen LogP contribution in [0.2, 0.25) is 0 Å². The molecule has 0 saturated heterocycles. The van der Waals surface area contributed by atoms with Crippen LogP contribution >= 0.6 is 0 Å². The zero-order valence-electron chi connectivity index (χ0n) is 18.0. The lowest BCUT2D eigenvalue weighted by atomic mass is 10.1. The van der Waals surface area contributed by atoms with Gasteiger partial charge >= 0.3 is 0 Å². The van der Waals surface area contributed by atoms with E-state index in [9.17, 15) is 13.2 Å². The molecule has 0 unspecified atom stereocenters. The fourth-order valence-electron chi connectivity index (χ4n) is 3.53. The van der Waals surface area contributed by atoms with Crippen LogP contribution in [-0.4, -0.2) is 34.1 Å². The predicted octanol–water partition coefficient (Wildman–Crippen LogP) is 3.91. The molecule has 8 heteroatoms. The third-order valence-corrected chi connectivity index (χ3v) is 7.12. The Morgan fingerprint density at radius 3 is 2.47 bits per heavy atom. The topological polar surface area (TPSA) is 84.9 Å². The van der Waals surface area contributed by atoms with Gasteiger partial charge in [0.1, 0.15) is 11.5 Å². The maximum atomic E-state index is 13.5. The van der Waals surface area contributed by atoms with Crippen molar-refractivity contribution < 1.29 is 22.7 Å². The van der Waals surface area contributed by atoms with Crippen LogP contribution in [0.4, 0.5) is 11.4 Å². The van der Waals surface area contributed by atoms with Crippen LogP contribution < -0.4 is 19.1 Å². The molecule has 0 spiro atoms. The number of hydrogen-bond donors (Lipinski definition) is 1. The first-order valence-corrected chi connectivity index (χ1v) is 11.5. The molecule has 0 saturated carbocycles. The molecule has 1 atom stereocenters. The van der Waals surface area contributed by atoms with Gasteiger partial charge in [-0.3, -0.25) is 9.10 Å². The van der Waals surface area contributed by atoms with E-state index in [1.165, 1.54) is 23.5 Å². The highest BCUT2D eigenvalue weighted by atomic mass is 32.2. The van der Waals surface area contributed by atoms with E-state index in [2.05, 4.69) is 5.32 Å². The van der Waals surface area contributed by atoms with Gasteiger partial charge in [0.2, 0.25) is 0 Å². The Balaban J connectivity index is 1.70. The van der Waals surface area contributed by atoms with E-state index in [1.54, 1.807) is 30.3 Å². The largest absolute Gasteiger partial charge is 0.497 e. The van der Waals surface area contributed by atoms with E-state index in [0.29, 0.717) is 22.9 Å². The second-order valence-electron chi connectivity index (χ2n) is 7.59. The van der Waals surface area contributed by atoms with Gasteiger partial charge in [-0.2, -0.15) is 0 Å². The Labute approximate surface area is 187 Å². The van der Waals surface area contributed by atoms with Crippen LogP contribution in [0.1, 0.15) is 11.1 Å². The van der Waals surface area contributed by atoms with Crippen molar-refractivity contribution in [2.75, 3.05) is 23.3 Å². The van der Waals surface area contributed by atoms with E-state index in [1.807, 2.05) is 38.1 Å². The molecule has 1 amide bonds. The molecule has 1 heterocycles. The molecule has 32 heavy (non-hydrogen) atoms. The number of benzene rings is 3. The monoisotopic (exact) mass is 452 g/mol. The summed E-state index contributed by atoms with van der Waals surface area (Å²) >= 11 is 0. The van der Waals surface area contributed by atoms with E-state index in [0.717, 1.165) is 11.1 Å². The quantitative estimate of drug-likeness (QED) is 0.635. The number of aryl methyl sites for hydroxylation is 2. The SMILES string of the molecule is COc1ccc(S(=O)(=O)N2C[C@H](C(=O)Nc3ccccc3C)Oc3cc(C)ccc32)cc1. The number of amides is 1. The van der Waals surface area contributed by atoms with Gasteiger partial charge in [-0.1, -0.05) is 24.3 Å². The minimum absolute atomic E-state index is 0.102. The van der Waals surface area contributed by atoms with Crippen LogP contribution in [0.25, 0.3) is 0 Å².